The number of hydrogen-bond acceptors (Lipinski definition) is 5. The Morgan fingerprint density at radius 1 is 0.722 bits per heavy atom. The number of methoxy groups -OCH3 is 2. The number of halogens is 1. The van der Waals surface area contributed by atoms with Gasteiger partial charge < -0.3 is 23.8 Å². The molecule has 0 spiro atoms. The molecule has 0 radical (unpaired) electrons. The van der Waals surface area contributed by atoms with E-state index in [-0.39, 0.29) is 11.2 Å². The molecule has 0 bridgehead atoms. The number of ether oxygens (including phenoxy) is 4. The van der Waals surface area contributed by atoms with Crippen molar-refractivity contribution in [2.24, 2.45) is 0 Å². The summed E-state index contributed by atoms with van der Waals surface area (Å²) in [6.07, 6.45) is 6.25. The first kappa shape index (κ1) is 34.2. The van der Waals surface area contributed by atoms with Crippen molar-refractivity contribution in [2.45, 2.75) is 37.7 Å². The van der Waals surface area contributed by atoms with Gasteiger partial charge in [-0.25, -0.2) is 4.39 Å². The molecule has 6 aromatic carbocycles. The van der Waals surface area contributed by atoms with Crippen LogP contribution in [0.25, 0.3) is 39.1 Å². The summed E-state index contributed by atoms with van der Waals surface area (Å²) in [5.74, 6) is 1.77. The van der Waals surface area contributed by atoms with Crippen molar-refractivity contribution >= 4 is 22.5 Å². The molecule has 1 aliphatic carbocycles. The van der Waals surface area contributed by atoms with Gasteiger partial charge in [-0.3, -0.25) is 0 Å². The van der Waals surface area contributed by atoms with Gasteiger partial charge in [0.1, 0.15) is 11.6 Å². The van der Waals surface area contributed by atoms with E-state index >= 15 is 0 Å². The van der Waals surface area contributed by atoms with Crippen molar-refractivity contribution in [1.82, 2.24) is 0 Å². The molecule has 6 heteroatoms. The third-order valence-corrected chi connectivity index (χ3v) is 12.1. The molecular weight excluding hydrogens is 674 g/mol. The third-order valence-electron chi connectivity index (χ3n) is 12.1. The Balaban J connectivity index is 1.31. The molecule has 1 unspecified atom stereocenters. The number of hydrogen-bond donors (Lipinski definition) is 0. The van der Waals surface area contributed by atoms with Crippen LogP contribution in [0.15, 0.2) is 115 Å². The van der Waals surface area contributed by atoms with Crippen molar-refractivity contribution in [3.05, 3.63) is 149 Å². The van der Waals surface area contributed by atoms with Gasteiger partial charge in [-0.15, -0.1) is 0 Å². The highest BCUT2D eigenvalue weighted by atomic mass is 19.1. The second-order valence-corrected chi connectivity index (χ2v) is 14.5. The highest BCUT2D eigenvalue weighted by Gasteiger charge is 2.47. The summed E-state index contributed by atoms with van der Waals surface area (Å²) in [7, 11) is 3.35. The molecule has 272 valence electrons. The molecule has 5 nitrogen and oxygen atoms in total. The average molecular weight is 718 g/mol. The molecular formula is C48H44FNO4. The summed E-state index contributed by atoms with van der Waals surface area (Å²) in [6, 6.07) is 37.0. The molecule has 1 fully saturated rings. The number of morpholine rings is 1. The van der Waals surface area contributed by atoms with Crippen molar-refractivity contribution in [1.29, 1.82) is 0 Å². The maximum atomic E-state index is 14.5. The number of rotatable bonds is 8. The molecule has 0 aromatic heterocycles. The number of anilines is 1. The highest BCUT2D eigenvalue weighted by molar-refractivity contribution is 6.10. The van der Waals surface area contributed by atoms with Crippen LogP contribution in [0, 0.1) is 5.82 Å². The normalized spacial score (nSPS) is 18.1. The second kappa shape index (κ2) is 13.4. The monoisotopic (exact) mass is 717 g/mol. The summed E-state index contributed by atoms with van der Waals surface area (Å²) >= 11 is 0. The van der Waals surface area contributed by atoms with Crippen LogP contribution in [0.4, 0.5) is 10.1 Å². The van der Waals surface area contributed by atoms with E-state index in [2.05, 4.69) is 116 Å². The Kier molecular flexibility index (Phi) is 8.46. The maximum absolute atomic E-state index is 14.5. The van der Waals surface area contributed by atoms with E-state index in [4.69, 9.17) is 18.9 Å². The molecule has 2 heterocycles. The van der Waals surface area contributed by atoms with Crippen LogP contribution in [0.3, 0.4) is 0 Å². The number of fused-ring (bicyclic) bond motifs is 8. The van der Waals surface area contributed by atoms with Gasteiger partial charge in [0.05, 0.1) is 27.4 Å². The zero-order chi connectivity index (χ0) is 37.0. The van der Waals surface area contributed by atoms with E-state index < -0.39 is 5.60 Å². The predicted octanol–water partition coefficient (Wildman–Crippen LogP) is 10.9. The van der Waals surface area contributed by atoms with Crippen molar-refractivity contribution in [3.63, 3.8) is 0 Å². The van der Waals surface area contributed by atoms with Gasteiger partial charge in [0.2, 0.25) is 0 Å². The first-order chi connectivity index (χ1) is 26.4. The van der Waals surface area contributed by atoms with E-state index in [1.807, 2.05) is 12.1 Å². The minimum absolute atomic E-state index is 0.274. The van der Waals surface area contributed by atoms with Crippen LogP contribution in [0.1, 0.15) is 54.5 Å². The SMILES string of the molecule is CCC1(CC)c2cc(-c3ccccc3)ccc2-c2c1c1c(c3cc(OC)c(OC)cc23)OC(c2ccc(F)cc2)(c2ccc(N3CCOCC3)cc2)C=C1. The summed E-state index contributed by atoms with van der Waals surface area (Å²) in [4.78, 5) is 2.34. The summed E-state index contributed by atoms with van der Waals surface area (Å²) < 4.78 is 39.6. The fourth-order valence-corrected chi connectivity index (χ4v) is 9.25. The van der Waals surface area contributed by atoms with Crippen LogP contribution < -0.4 is 19.1 Å². The molecule has 9 rings (SSSR count). The van der Waals surface area contributed by atoms with E-state index in [1.165, 1.54) is 45.5 Å². The summed E-state index contributed by atoms with van der Waals surface area (Å²) in [5.41, 5.74) is 10.1. The van der Waals surface area contributed by atoms with Gasteiger partial charge in [-0.2, -0.15) is 0 Å². The Hall–Kier alpha value is -5.59. The first-order valence-corrected chi connectivity index (χ1v) is 19.0. The Morgan fingerprint density at radius 2 is 1.37 bits per heavy atom. The fraction of sp³-hybridized carbons (Fsp3) is 0.250. The van der Waals surface area contributed by atoms with Gasteiger partial charge in [0, 0.05) is 46.3 Å². The van der Waals surface area contributed by atoms with Crippen molar-refractivity contribution in [3.8, 4) is 39.5 Å². The third kappa shape index (κ3) is 5.14. The minimum Gasteiger partial charge on any atom is -0.493 e. The second-order valence-electron chi connectivity index (χ2n) is 14.5. The molecule has 0 N–H and O–H groups in total. The lowest BCUT2D eigenvalue weighted by atomic mass is 9.70. The molecule has 1 saturated heterocycles. The zero-order valence-corrected chi connectivity index (χ0v) is 31.2. The summed E-state index contributed by atoms with van der Waals surface area (Å²) in [5, 5.41) is 1.98. The van der Waals surface area contributed by atoms with Crippen LogP contribution >= 0.6 is 0 Å². The number of nitrogens with zero attached hydrogens (tertiary/aromatic N) is 1. The van der Waals surface area contributed by atoms with Crippen LogP contribution in [0.2, 0.25) is 0 Å². The largest absolute Gasteiger partial charge is 0.493 e. The average Bonchev–Trinajstić information content (AvgIpc) is 3.54. The molecule has 0 amide bonds. The standard InChI is InChI=1S/C48H44FNO4/c1-5-47(6-2)41-28-32(31-10-8-7-9-11-31)12-21-37(41)44-39-29-42(51-3)43(52-4)30-40(39)46-38(45(44)47)22-23-48(54-46,33-13-17-35(49)18-14-33)34-15-19-36(20-16-34)50-24-26-53-27-25-50/h7-23,28-30H,5-6,24-27H2,1-4H3. The first-order valence-electron chi connectivity index (χ1n) is 19.0. The zero-order valence-electron chi connectivity index (χ0n) is 31.2. The topological polar surface area (TPSA) is 40.2 Å². The molecule has 6 aromatic rings. The van der Waals surface area contributed by atoms with Crippen molar-refractivity contribution in [2.75, 3.05) is 45.4 Å². The van der Waals surface area contributed by atoms with Gasteiger partial charge in [0.15, 0.2) is 17.1 Å². The van der Waals surface area contributed by atoms with Crippen molar-refractivity contribution < 1.29 is 23.3 Å². The number of benzene rings is 6. The Morgan fingerprint density at radius 3 is 2.02 bits per heavy atom. The molecule has 0 saturated carbocycles. The maximum Gasteiger partial charge on any atom is 0.178 e. The molecule has 54 heavy (non-hydrogen) atoms. The Labute approximate surface area is 316 Å². The van der Waals surface area contributed by atoms with Crippen LogP contribution in [-0.4, -0.2) is 40.5 Å². The van der Waals surface area contributed by atoms with Gasteiger partial charge in [-0.05, 0) is 100 Å². The van der Waals surface area contributed by atoms with Gasteiger partial charge >= 0.3 is 0 Å². The molecule has 1 atom stereocenters. The smallest absolute Gasteiger partial charge is 0.178 e. The van der Waals surface area contributed by atoms with Crippen LogP contribution in [-0.2, 0) is 15.8 Å². The summed E-state index contributed by atoms with van der Waals surface area (Å²) in [6.45, 7) is 7.72. The van der Waals surface area contributed by atoms with Gasteiger partial charge in [-0.1, -0.05) is 86.7 Å². The quantitative estimate of drug-likeness (QED) is 0.157. The lowest BCUT2D eigenvalue weighted by Gasteiger charge is -2.39. The lowest BCUT2D eigenvalue weighted by molar-refractivity contribution is 0.122. The molecule has 2 aliphatic heterocycles. The predicted molar refractivity (Wildman–Crippen MR) is 216 cm³/mol. The van der Waals surface area contributed by atoms with Crippen LogP contribution in [0.5, 0.6) is 17.2 Å². The van der Waals surface area contributed by atoms with E-state index in [0.717, 1.165) is 64.8 Å². The fourth-order valence-electron chi connectivity index (χ4n) is 9.25. The van der Waals surface area contributed by atoms with E-state index in [0.29, 0.717) is 24.7 Å². The highest BCUT2D eigenvalue weighted by Crippen LogP contribution is 2.61. The minimum atomic E-state index is -1.04. The molecule has 3 aliphatic rings. The van der Waals surface area contributed by atoms with E-state index in [1.54, 1.807) is 14.2 Å². The van der Waals surface area contributed by atoms with Gasteiger partial charge in [0.25, 0.3) is 0 Å². The Bertz CT molecular complexity index is 2390. The lowest BCUT2D eigenvalue weighted by Crippen LogP contribution is -2.37. The van der Waals surface area contributed by atoms with E-state index in [9.17, 15) is 4.39 Å².